The highest BCUT2D eigenvalue weighted by molar-refractivity contribution is 6.08. The van der Waals surface area contributed by atoms with E-state index in [4.69, 9.17) is 5.41 Å². The monoisotopic (exact) mass is 234 g/mol. The van der Waals surface area contributed by atoms with Crippen molar-refractivity contribution in [2.24, 2.45) is 0 Å². The Balaban J connectivity index is 2.82. The van der Waals surface area contributed by atoms with Crippen molar-refractivity contribution in [2.45, 2.75) is 0 Å². The molecule has 2 nitrogen and oxygen atoms in total. The fraction of sp³-hybridized carbons (Fsp3) is 0.154. The normalized spacial score (nSPS) is 10.6. The maximum absolute atomic E-state index is 13.8. The van der Waals surface area contributed by atoms with Crippen molar-refractivity contribution < 1.29 is 8.78 Å². The van der Waals surface area contributed by atoms with Crippen LogP contribution in [0.5, 0.6) is 0 Å². The van der Waals surface area contributed by atoms with Gasteiger partial charge in [-0.2, -0.15) is 0 Å². The number of fused-ring (bicyclic) bond motifs is 1. The third-order valence-corrected chi connectivity index (χ3v) is 2.64. The van der Waals surface area contributed by atoms with Gasteiger partial charge in [0.1, 0.15) is 17.5 Å². The minimum atomic E-state index is -0.511. The van der Waals surface area contributed by atoms with E-state index in [-0.39, 0.29) is 16.6 Å². The molecule has 0 aliphatic carbocycles. The van der Waals surface area contributed by atoms with Gasteiger partial charge in [-0.25, -0.2) is 8.78 Å². The maximum Gasteiger partial charge on any atom is 0.131 e. The lowest BCUT2D eigenvalue weighted by molar-refractivity contribution is 0.612. The minimum absolute atomic E-state index is 0.153. The zero-order valence-corrected chi connectivity index (χ0v) is 9.59. The summed E-state index contributed by atoms with van der Waals surface area (Å²) in [4.78, 5) is 1.55. The average Bonchev–Trinajstić information content (AvgIpc) is 2.32. The summed E-state index contributed by atoms with van der Waals surface area (Å²) in [7, 11) is 3.39. The molecule has 0 radical (unpaired) electrons. The van der Waals surface area contributed by atoms with E-state index >= 15 is 0 Å². The van der Waals surface area contributed by atoms with Crippen LogP contribution in [0.3, 0.4) is 0 Å². The van der Waals surface area contributed by atoms with Gasteiger partial charge >= 0.3 is 0 Å². The van der Waals surface area contributed by atoms with Crippen LogP contribution in [0.1, 0.15) is 5.56 Å². The molecule has 2 aromatic carbocycles. The molecule has 0 amide bonds. The Bertz CT molecular complexity index is 591. The Morgan fingerprint density at radius 1 is 1.06 bits per heavy atom. The van der Waals surface area contributed by atoms with E-state index in [1.807, 2.05) is 0 Å². The third-order valence-electron chi connectivity index (χ3n) is 2.64. The molecule has 0 aromatic heterocycles. The Labute approximate surface area is 98.0 Å². The topological polar surface area (TPSA) is 27.1 Å². The summed E-state index contributed by atoms with van der Waals surface area (Å²) in [5.41, 5.74) is 0.393. The molecule has 0 fully saturated rings. The molecule has 0 saturated carbocycles. The van der Waals surface area contributed by atoms with Crippen LogP contribution in [0.25, 0.3) is 10.8 Å². The molecule has 0 aliphatic heterocycles. The molecule has 0 saturated heterocycles. The van der Waals surface area contributed by atoms with Gasteiger partial charge in [0.25, 0.3) is 0 Å². The fourth-order valence-corrected chi connectivity index (χ4v) is 1.77. The lowest BCUT2D eigenvalue weighted by atomic mass is 10.0. The predicted octanol–water partition coefficient (Wildman–Crippen LogP) is 3.00. The van der Waals surface area contributed by atoms with Crippen LogP contribution in [0.2, 0.25) is 0 Å². The van der Waals surface area contributed by atoms with Crippen LogP contribution < -0.4 is 0 Å². The number of amidine groups is 1. The second-order valence-electron chi connectivity index (χ2n) is 4.00. The first-order chi connectivity index (χ1) is 8.02. The molecule has 2 rings (SSSR count). The summed E-state index contributed by atoms with van der Waals surface area (Å²) in [6.07, 6.45) is 0. The molecule has 0 atom stereocenters. The van der Waals surface area contributed by atoms with E-state index in [0.717, 1.165) is 12.1 Å². The van der Waals surface area contributed by atoms with E-state index in [9.17, 15) is 8.78 Å². The number of nitrogens with one attached hydrogen (secondary N) is 1. The van der Waals surface area contributed by atoms with Gasteiger partial charge in [0.05, 0.1) is 0 Å². The molecule has 2 aromatic rings. The van der Waals surface area contributed by atoms with Gasteiger partial charge in [-0.3, -0.25) is 5.41 Å². The van der Waals surface area contributed by atoms with Crippen molar-refractivity contribution in [2.75, 3.05) is 14.1 Å². The molecule has 88 valence electrons. The molecule has 0 aliphatic rings. The number of benzene rings is 2. The van der Waals surface area contributed by atoms with Crippen LogP contribution in [-0.2, 0) is 0 Å². The second kappa shape index (κ2) is 4.13. The molecule has 17 heavy (non-hydrogen) atoms. The Morgan fingerprint density at radius 2 is 1.71 bits per heavy atom. The number of hydrogen-bond acceptors (Lipinski definition) is 1. The first-order valence-corrected chi connectivity index (χ1v) is 5.15. The molecule has 0 spiro atoms. The summed E-state index contributed by atoms with van der Waals surface area (Å²) in [6.45, 7) is 0. The standard InChI is InChI=1S/C13H12F2N2/c1-17(2)13(16)9-5-3-4-8-10(14)6-7-11(15)12(8)9/h3-7,16H,1-2H3. The summed E-state index contributed by atoms with van der Waals surface area (Å²) >= 11 is 0. The smallest absolute Gasteiger partial charge is 0.131 e. The maximum atomic E-state index is 13.8. The third kappa shape index (κ3) is 1.86. The molecule has 1 N–H and O–H groups in total. The predicted molar refractivity (Wildman–Crippen MR) is 64.4 cm³/mol. The van der Waals surface area contributed by atoms with Crippen LogP contribution in [-0.4, -0.2) is 24.8 Å². The van der Waals surface area contributed by atoms with E-state index in [1.165, 1.54) is 6.07 Å². The number of nitrogens with zero attached hydrogens (tertiary/aromatic N) is 1. The van der Waals surface area contributed by atoms with Crippen molar-refractivity contribution in [3.8, 4) is 0 Å². The number of rotatable bonds is 1. The van der Waals surface area contributed by atoms with Crippen LogP contribution >= 0.6 is 0 Å². The van der Waals surface area contributed by atoms with Gasteiger partial charge in [-0.05, 0) is 12.1 Å². The lowest BCUT2D eigenvalue weighted by Crippen LogP contribution is -2.22. The van der Waals surface area contributed by atoms with Gasteiger partial charge in [0.15, 0.2) is 0 Å². The Hall–Kier alpha value is -1.97. The van der Waals surface area contributed by atoms with Gasteiger partial charge < -0.3 is 4.90 Å². The van der Waals surface area contributed by atoms with Crippen LogP contribution in [0, 0.1) is 17.0 Å². The van der Waals surface area contributed by atoms with Crippen LogP contribution in [0.15, 0.2) is 30.3 Å². The van der Waals surface area contributed by atoms with E-state index in [0.29, 0.717) is 5.56 Å². The first-order valence-electron chi connectivity index (χ1n) is 5.15. The van der Waals surface area contributed by atoms with E-state index < -0.39 is 11.6 Å². The molecular weight excluding hydrogens is 222 g/mol. The average molecular weight is 234 g/mol. The lowest BCUT2D eigenvalue weighted by Gasteiger charge is -2.16. The second-order valence-corrected chi connectivity index (χ2v) is 4.00. The highest BCUT2D eigenvalue weighted by atomic mass is 19.1. The van der Waals surface area contributed by atoms with Crippen molar-refractivity contribution >= 4 is 16.6 Å². The minimum Gasteiger partial charge on any atom is -0.363 e. The molecule has 4 heteroatoms. The van der Waals surface area contributed by atoms with Crippen LogP contribution in [0.4, 0.5) is 8.78 Å². The van der Waals surface area contributed by atoms with Crippen molar-refractivity contribution in [3.05, 3.63) is 47.5 Å². The zero-order valence-electron chi connectivity index (χ0n) is 9.59. The van der Waals surface area contributed by atoms with Crippen molar-refractivity contribution in [1.29, 1.82) is 5.41 Å². The summed E-state index contributed by atoms with van der Waals surface area (Å²) in [6, 6.07) is 6.94. The molecular formula is C13H12F2N2. The van der Waals surface area contributed by atoms with Crippen molar-refractivity contribution in [3.63, 3.8) is 0 Å². The Morgan fingerprint density at radius 3 is 2.35 bits per heavy atom. The number of hydrogen-bond donors (Lipinski definition) is 1. The number of halogens is 2. The van der Waals surface area contributed by atoms with Gasteiger partial charge in [-0.1, -0.05) is 18.2 Å². The van der Waals surface area contributed by atoms with Crippen molar-refractivity contribution in [1.82, 2.24) is 4.90 Å². The van der Waals surface area contributed by atoms with Gasteiger partial charge in [0, 0.05) is 30.4 Å². The van der Waals surface area contributed by atoms with Gasteiger partial charge in [-0.15, -0.1) is 0 Å². The first kappa shape index (κ1) is 11.5. The Kier molecular flexibility index (Phi) is 2.79. The summed E-state index contributed by atoms with van der Waals surface area (Å²) in [5, 5.41) is 8.23. The van der Waals surface area contributed by atoms with E-state index in [1.54, 1.807) is 31.1 Å². The quantitative estimate of drug-likeness (QED) is 0.596. The molecule has 0 bridgehead atoms. The molecule has 0 unspecified atom stereocenters. The fourth-order valence-electron chi connectivity index (χ4n) is 1.77. The largest absolute Gasteiger partial charge is 0.363 e. The summed E-state index contributed by atoms with van der Waals surface area (Å²) in [5.74, 6) is -0.835. The SMILES string of the molecule is CN(C)C(=N)c1cccc2c(F)ccc(F)c12. The van der Waals surface area contributed by atoms with E-state index in [2.05, 4.69) is 0 Å². The van der Waals surface area contributed by atoms with Gasteiger partial charge in [0.2, 0.25) is 0 Å². The zero-order chi connectivity index (χ0) is 12.6. The highest BCUT2D eigenvalue weighted by Gasteiger charge is 2.14. The molecule has 0 heterocycles. The summed E-state index contributed by atoms with van der Waals surface area (Å²) < 4.78 is 27.3. The highest BCUT2D eigenvalue weighted by Crippen LogP contribution is 2.25.